The van der Waals surface area contributed by atoms with Crippen molar-refractivity contribution in [2.45, 2.75) is 39.2 Å². The summed E-state index contributed by atoms with van der Waals surface area (Å²) in [5.74, 6) is 2.83. The highest BCUT2D eigenvalue weighted by Crippen LogP contribution is 2.29. The Labute approximate surface area is 182 Å². The lowest BCUT2D eigenvalue weighted by Gasteiger charge is -2.32. The van der Waals surface area contributed by atoms with Crippen molar-refractivity contribution >= 4 is 22.5 Å². The summed E-state index contributed by atoms with van der Waals surface area (Å²) < 4.78 is 0. The monoisotopic (exact) mass is 412 g/mol. The molecule has 4 heterocycles. The molecule has 6 nitrogen and oxygen atoms in total. The Morgan fingerprint density at radius 1 is 1.10 bits per heavy atom. The second kappa shape index (κ2) is 8.47. The molecule has 0 bridgehead atoms. The second-order valence-corrected chi connectivity index (χ2v) is 8.50. The number of likely N-dealkylation sites (tertiary alicyclic amines) is 1. The third kappa shape index (κ3) is 4.44. The number of para-hydroxylation sites is 1. The average Bonchev–Trinajstić information content (AvgIpc) is 3.16. The fourth-order valence-corrected chi connectivity index (χ4v) is 4.54. The molecule has 1 aliphatic heterocycles. The van der Waals surface area contributed by atoms with E-state index in [4.69, 9.17) is 4.98 Å². The highest BCUT2D eigenvalue weighted by Gasteiger charge is 2.24. The molecule has 1 fully saturated rings. The molecule has 1 saturated heterocycles. The van der Waals surface area contributed by atoms with Crippen LogP contribution in [0.4, 0.5) is 11.6 Å². The van der Waals surface area contributed by atoms with Crippen LogP contribution in [0.2, 0.25) is 0 Å². The van der Waals surface area contributed by atoms with Crippen molar-refractivity contribution in [2.24, 2.45) is 0 Å². The van der Waals surface area contributed by atoms with E-state index in [1.807, 2.05) is 25.3 Å². The number of anilines is 2. The smallest absolute Gasteiger partial charge is 0.135 e. The lowest BCUT2D eigenvalue weighted by Crippen LogP contribution is -2.34. The van der Waals surface area contributed by atoms with Crippen molar-refractivity contribution in [3.8, 4) is 0 Å². The molecule has 0 radical (unpaired) electrons. The summed E-state index contributed by atoms with van der Waals surface area (Å²) in [6.45, 7) is 7.12. The maximum absolute atomic E-state index is 4.79. The van der Waals surface area contributed by atoms with E-state index in [1.165, 1.54) is 28.5 Å². The van der Waals surface area contributed by atoms with E-state index in [0.717, 1.165) is 49.2 Å². The van der Waals surface area contributed by atoms with Gasteiger partial charge in [0.15, 0.2) is 0 Å². The molecule has 0 spiro atoms. The van der Waals surface area contributed by atoms with Crippen molar-refractivity contribution < 1.29 is 0 Å². The number of piperidine rings is 1. The first-order valence-electron chi connectivity index (χ1n) is 11.0. The number of aromatic nitrogens is 4. The van der Waals surface area contributed by atoms with Gasteiger partial charge >= 0.3 is 0 Å². The number of rotatable bonds is 5. The molecule has 5 rings (SSSR count). The molecule has 2 N–H and O–H groups in total. The van der Waals surface area contributed by atoms with Crippen LogP contribution in [-0.4, -0.2) is 37.9 Å². The minimum absolute atomic E-state index is 0.409. The van der Waals surface area contributed by atoms with Gasteiger partial charge in [-0.1, -0.05) is 18.2 Å². The van der Waals surface area contributed by atoms with E-state index in [-0.39, 0.29) is 0 Å². The first kappa shape index (κ1) is 19.7. The highest BCUT2D eigenvalue weighted by atomic mass is 15.1. The van der Waals surface area contributed by atoms with Gasteiger partial charge in [0, 0.05) is 48.4 Å². The Morgan fingerprint density at radius 2 is 2.00 bits per heavy atom. The van der Waals surface area contributed by atoms with Gasteiger partial charge in [-0.05, 0) is 62.6 Å². The number of nitrogens with one attached hydrogen (secondary N) is 2. The zero-order valence-corrected chi connectivity index (χ0v) is 18.1. The van der Waals surface area contributed by atoms with Gasteiger partial charge in [0.1, 0.15) is 17.5 Å². The van der Waals surface area contributed by atoms with Crippen molar-refractivity contribution in [3.63, 3.8) is 0 Å². The molecule has 31 heavy (non-hydrogen) atoms. The third-order valence-corrected chi connectivity index (χ3v) is 6.02. The molecular formula is C25H28N6. The van der Waals surface area contributed by atoms with Crippen molar-refractivity contribution in [1.82, 2.24) is 24.8 Å². The predicted molar refractivity (Wildman–Crippen MR) is 125 cm³/mol. The molecule has 1 aliphatic rings. The Bertz CT molecular complexity index is 1200. The van der Waals surface area contributed by atoms with E-state index in [1.54, 1.807) is 0 Å². The predicted octanol–water partition coefficient (Wildman–Crippen LogP) is 5.09. The van der Waals surface area contributed by atoms with Gasteiger partial charge in [0.2, 0.25) is 0 Å². The first-order chi connectivity index (χ1) is 15.1. The highest BCUT2D eigenvalue weighted by molar-refractivity contribution is 5.82. The topological polar surface area (TPSA) is 69.7 Å². The van der Waals surface area contributed by atoms with Crippen LogP contribution in [-0.2, 0) is 6.54 Å². The van der Waals surface area contributed by atoms with Crippen molar-refractivity contribution in [3.05, 3.63) is 77.5 Å². The number of aryl methyl sites for hydroxylation is 2. The van der Waals surface area contributed by atoms with Gasteiger partial charge in [-0.2, -0.15) is 0 Å². The Hall–Kier alpha value is -3.25. The number of aromatic amines is 1. The normalized spacial score (nSPS) is 17.2. The summed E-state index contributed by atoms with van der Waals surface area (Å²) in [5, 5.41) is 4.67. The molecule has 1 aromatic carbocycles. The maximum atomic E-state index is 4.79. The van der Waals surface area contributed by atoms with Crippen LogP contribution in [0.1, 0.15) is 41.4 Å². The molecule has 3 aromatic heterocycles. The zero-order chi connectivity index (χ0) is 21.2. The SMILES string of the molecule is Cc1ccnc(Nc2cc([C@@H]3CCCN(Cc4c[nH]c5ccccc45)C3)nc(C)n2)c1. The van der Waals surface area contributed by atoms with Crippen LogP contribution < -0.4 is 5.32 Å². The number of fused-ring (bicyclic) bond motifs is 1. The molecule has 0 unspecified atom stereocenters. The van der Waals surface area contributed by atoms with Crippen LogP contribution in [0, 0.1) is 13.8 Å². The first-order valence-corrected chi connectivity index (χ1v) is 11.0. The fraction of sp³-hybridized carbons (Fsp3) is 0.320. The summed E-state index contributed by atoms with van der Waals surface area (Å²) in [4.78, 5) is 19.7. The van der Waals surface area contributed by atoms with Crippen LogP contribution in [0.5, 0.6) is 0 Å². The number of hydrogen-bond acceptors (Lipinski definition) is 5. The van der Waals surface area contributed by atoms with E-state index >= 15 is 0 Å². The quantitative estimate of drug-likeness (QED) is 0.478. The van der Waals surface area contributed by atoms with Crippen molar-refractivity contribution in [2.75, 3.05) is 18.4 Å². The largest absolute Gasteiger partial charge is 0.361 e. The molecule has 0 saturated carbocycles. The van der Waals surface area contributed by atoms with Gasteiger partial charge in [0.05, 0.1) is 5.69 Å². The summed E-state index contributed by atoms with van der Waals surface area (Å²) in [6, 6.07) is 14.6. The van der Waals surface area contributed by atoms with Gasteiger partial charge in [-0.15, -0.1) is 0 Å². The Morgan fingerprint density at radius 3 is 2.90 bits per heavy atom. The standard InChI is InChI=1S/C25H28N6/c1-17-9-10-26-24(12-17)30-25-13-23(28-18(2)29-25)19-6-5-11-31(15-19)16-20-14-27-22-8-4-3-7-21(20)22/h3-4,7-10,12-14,19,27H,5-6,11,15-16H2,1-2H3,(H,26,28,29,30)/t19-/m1/s1. The Balaban J connectivity index is 1.33. The van der Waals surface area contributed by atoms with Gasteiger partial charge in [-0.3, -0.25) is 4.90 Å². The second-order valence-electron chi connectivity index (χ2n) is 8.50. The van der Waals surface area contributed by atoms with Crippen molar-refractivity contribution in [1.29, 1.82) is 0 Å². The Kier molecular flexibility index (Phi) is 5.38. The van der Waals surface area contributed by atoms with Gasteiger partial charge < -0.3 is 10.3 Å². The zero-order valence-electron chi connectivity index (χ0n) is 18.1. The molecule has 158 valence electrons. The molecule has 1 atom stereocenters. The van der Waals surface area contributed by atoms with Crippen LogP contribution in [0.3, 0.4) is 0 Å². The lowest BCUT2D eigenvalue weighted by atomic mass is 9.94. The maximum Gasteiger partial charge on any atom is 0.135 e. The summed E-state index contributed by atoms with van der Waals surface area (Å²) in [7, 11) is 0. The molecule has 0 amide bonds. The molecule has 6 heteroatoms. The van der Waals surface area contributed by atoms with Crippen LogP contribution in [0.25, 0.3) is 10.9 Å². The minimum atomic E-state index is 0.409. The number of pyridine rings is 1. The number of benzene rings is 1. The third-order valence-electron chi connectivity index (χ3n) is 6.02. The van der Waals surface area contributed by atoms with Crippen LogP contribution >= 0.6 is 0 Å². The number of H-pyrrole nitrogens is 1. The number of nitrogens with zero attached hydrogens (tertiary/aromatic N) is 4. The molecular weight excluding hydrogens is 384 g/mol. The lowest BCUT2D eigenvalue weighted by molar-refractivity contribution is 0.199. The molecule has 4 aromatic rings. The fourth-order valence-electron chi connectivity index (χ4n) is 4.54. The van der Waals surface area contributed by atoms with Gasteiger partial charge in [-0.25, -0.2) is 15.0 Å². The van der Waals surface area contributed by atoms with E-state index in [0.29, 0.717) is 5.92 Å². The van der Waals surface area contributed by atoms with Crippen LogP contribution in [0.15, 0.2) is 54.9 Å². The van der Waals surface area contributed by atoms with Gasteiger partial charge in [0.25, 0.3) is 0 Å². The van der Waals surface area contributed by atoms with E-state index < -0.39 is 0 Å². The minimum Gasteiger partial charge on any atom is -0.361 e. The summed E-state index contributed by atoms with van der Waals surface area (Å²) >= 11 is 0. The summed E-state index contributed by atoms with van der Waals surface area (Å²) in [5.41, 5.74) is 4.86. The molecule has 0 aliphatic carbocycles. The van der Waals surface area contributed by atoms with E-state index in [2.05, 4.69) is 68.6 Å². The van der Waals surface area contributed by atoms with E-state index in [9.17, 15) is 0 Å². The average molecular weight is 413 g/mol. The number of hydrogen-bond donors (Lipinski definition) is 2. The summed E-state index contributed by atoms with van der Waals surface area (Å²) in [6.07, 6.45) is 6.30.